The van der Waals surface area contributed by atoms with Gasteiger partial charge in [-0.3, -0.25) is 30.3 Å². The lowest BCUT2D eigenvalue weighted by Gasteiger charge is -1.92. The summed E-state index contributed by atoms with van der Waals surface area (Å²) in [5, 5.41) is 31.3. The molecule has 0 aliphatic carbocycles. The SMILES string of the molecule is CC1C[n+]2cc([N+](=O)[O-])ccc2O1.CC1C[n+]2cc([N+](=O)[O-])ccc2O1.CC1C[n+]2cc([N+](=O)[O-])ccc2O1.[I-].[I-].[I-]. The van der Waals surface area contributed by atoms with Crippen LogP contribution in [0.5, 0.6) is 17.6 Å². The van der Waals surface area contributed by atoms with Crippen LogP contribution < -0.4 is 99.8 Å². The molecule has 3 unspecified atom stereocenters. The Morgan fingerprint density at radius 1 is 0.548 bits per heavy atom. The van der Waals surface area contributed by atoms with Crippen LogP contribution in [0.1, 0.15) is 20.8 Å². The largest absolute Gasteiger partial charge is 1.00 e. The van der Waals surface area contributed by atoms with Gasteiger partial charge in [0, 0.05) is 18.2 Å². The van der Waals surface area contributed by atoms with E-state index in [1.165, 1.54) is 36.8 Å². The Hall–Kier alpha value is -2.76. The number of nitrogens with zero attached hydrogens (tertiary/aromatic N) is 6. The molecule has 0 saturated heterocycles. The third-order valence-corrected chi connectivity index (χ3v) is 5.86. The van der Waals surface area contributed by atoms with Crippen LogP contribution in [0.15, 0.2) is 55.0 Å². The van der Waals surface area contributed by atoms with Crippen molar-refractivity contribution in [2.45, 2.75) is 58.7 Å². The topological polar surface area (TPSA) is 169 Å². The Morgan fingerprint density at radius 2 is 0.786 bits per heavy atom. The van der Waals surface area contributed by atoms with Crippen molar-refractivity contribution >= 4 is 17.1 Å². The van der Waals surface area contributed by atoms with Crippen molar-refractivity contribution in [1.29, 1.82) is 0 Å². The molecule has 3 atom stereocenters. The van der Waals surface area contributed by atoms with Crippen molar-refractivity contribution in [2.24, 2.45) is 0 Å². The van der Waals surface area contributed by atoms with E-state index >= 15 is 0 Å². The molecular formula is C24H27I3N6O9. The molecule has 0 fully saturated rings. The zero-order valence-corrected chi connectivity index (χ0v) is 29.0. The Bertz CT molecular complexity index is 1280. The van der Waals surface area contributed by atoms with E-state index in [9.17, 15) is 30.3 Å². The molecule has 42 heavy (non-hydrogen) atoms. The Balaban J connectivity index is 0.000000304. The number of hydrogen-bond donors (Lipinski definition) is 0. The lowest BCUT2D eigenvalue weighted by molar-refractivity contribution is -0.684. The van der Waals surface area contributed by atoms with Crippen molar-refractivity contribution in [1.82, 2.24) is 0 Å². The molecule has 0 amide bonds. The van der Waals surface area contributed by atoms with Crippen LogP contribution in [0.25, 0.3) is 0 Å². The van der Waals surface area contributed by atoms with Crippen LogP contribution in [0.4, 0.5) is 17.1 Å². The fourth-order valence-corrected chi connectivity index (χ4v) is 4.19. The number of hydrogen-bond acceptors (Lipinski definition) is 9. The predicted molar refractivity (Wildman–Crippen MR) is 130 cm³/mol. The molecule has 3 aromatic rings. The molecule has 0 radical (unpaired) electrons. The summed E-state index contributed by atoms with van der Waals surface area (Å²) < 4.78 is 21.4. The molecule has 18 heteroatoms. The summed E-state index contributed by atoms with van der Waals surface area (Å²) in [6, 6.07) is 9.22. The maximum atomic E-state index is 10.4. The lowest BCUT2D eigenvalue weighted by Crippen LogP contribution is -3.00. The first-order chi connectivity index (χ1) is 18.5. The van der Waals surface area contributed by atoms with Gasteiger partial charge in [-0.25, -0.2) is 0 Å². The number of halogens is 3. The van der Waals surface area contributed by atoms with Crippen LogP contribution in [-0.2, 0) is 19.6 Å². The summed E-state index contributed by atoms with van der Waals surface area (Å²) in [5.74, 6) is 2.08. The van der Waals surface area contributed by atoms with Crippen molar-refractivity contribution in [3.8, 4) is 17.6 Å². The van der Waals surface area contributed by atoms with Crippen molar-refractivity contribution in [2.75, 3.05) is 0 Å². The number of aromatic nitrogens is 3. The molecule has 0 aromatic carbocycles. The van der Waals surface area contributed by atoms with E-state index in [1.807, 2.05) is 20.8 Å². The third kappa shape index (κ3) is 9.37. The zero-order valence-electron chi connectivity index (χ0n) is 22.5. The second-order valence-corrected chi connectivity index (χ2v) is 9.19. The summed E-state index contributed by atoms with van der Waals surface area (Å²) in [7, 11) is 0. The van der Waals surface area contributed by atoms with E-state index in [0.717, 1.165) is 0 Å². The second-order valence-electron chi connectivity index (χ2n) is 9.19. The van der Waals surface area contributed by atoms with E-state index in [4.69, 9.17) is 14.2 Å². The molecule has 0 saturated carbocycles. The molecule has 3 aromatic heterocycles. The smallest absolute Gasteiger partial charge is 0.368 e. The first kappa shape index (κ1) is 37.3. The van der Waals surface area contributed by atoms with E-state index in [2.05, 4.69) is 0 Å². The summed E-state index contributed by atoms with van der Waals surface area (Å²) in [4.78, 5) is 30.1. The Kier molecular flexibility index (Phi) is 14.4. The van der Waals surface area contributed by atoms with Crippen LogP contribution >= 0.6 is 0 Å². The number of ether oxygens (including phenoxy) is 3. The molecule has 3 aliphatic heterocycles. The van der Waals surface area contributed by atoms with Gasteiger partial charge in [-0.1, -0.05) is 0 Å². The minimum atomic E-state index is -0.406. The summed E-state index contributed by atoms with van der Waals surface area (Å²) >= 11 is 0. The van der Waals surface area contributed by atoms with Crippen LogP contribution in [0, 0.1) is 30.3 Å². The second kappa shape index (κ2) is 16.2. The highest BCUT2D eigenvalue weighted by atomic mass is 127. The van der Waals surface area contributed by atoms with Crippen LogP contribution in [-0.4, -0.2) is 33.1 Å². The Labute approximate surface area is 291 Å². The van der Waals surface area contributed by atoms with Gasteiger partial charge in [0.2, 0.25) is 18.6 Å². The highest BCUT2D eigenvalue weighted by Crippen LogP contribution is 2.19. The van der Waals surface area contributed by atoms with Gasteiger partial charge in [-0.05, 0) is 20.8 Å². The van der Waals surface area contributed by atoms with Gasteiger partial charge in [0.15, 0.2) is 37.9 Å². The number of nitro groups is 3. The van der Waals surface area contributed by atoms with E-state index in [1.54, 1.807) is 31.9 Å². The summed E-state index contributed by atoms with van der Waals surface area (Å²) in [6.07, 6.45) is 4.79. The van der Waals surface area contributed by atoms with Gasteiger partial charge < -0.3 is 86.1 Å². The van der Waals surface area contributed by atoms with Gasteiger partial charge in [-0.15, -0.1) is 0 Å². The average molecular weight is 924 g/mol. The minimum absolute atomic E-state index is 0. The van der Waals surface area contributed by atoms with Crippen molar-refractivity contribution in [3.63, 3.8) is 0 Å². The zero-order chi connectivity index (χ0) is 28.3. The van der Waals surface area contributed by atoms with Gasteiger partial charge in [0.05, 0.1) is 33.0 Å². The Morgan fingerprint density at radius 3 is 1.00 bits per heavy atom. The van der Waals surface area contributed by atoms with Gasteiger partial charge in [0.25, 0.3) is 0 Å². The summed E-state index contributed by atoms with van der Waals surface area (Å²) in [6.45, 7) is 7.82. The van der Waals surface area contributed by atoms with Gasteiger partial charge in [0.1, 0.15) is 0 Å². The first-order valence-electron chi connectivity index (χ1n) is 12.0. The van der Waals surface area contributed by atoms with E-state index < -0.39 is 14.8 Å². The van der Waals surface area contributed by atoms with Crippen LogP contribution in [0.2, 0.25) is 0 Å². The molecular weight excluding hydrogens is 897 g/mol. The minimum Gasteiger partial charge on any atom is -1.00 e. The molecule has 3 aliphatic rings. The number of rotatable bonds is 3. The van der Waals surface area contributed by atoms with Gasteiger partial charge in [-0.2, -0.15) is 13.7 Å². The van der Waals surface area contributed by atoms with Gasteiger partial charge >= 0.3 is 34.7 Å². The monoisotopic (exact) mass is 924 g/mol. The first-order valence-corrected chi connectivity index (χ1v) is 12.0. The molecule has 0 bridgehead atoms. The maximum absolute atomic E-state index is 10.4. The molecule has 228 valence electrons. The number of fused-ring (bicyclic) bond motifs is 3. The maximum Gasteiger partial charge on any atom is 0.368 e. The molecule has 6 heterocycles. The number of pyridine rings is 3. The molecule has 15 nitrogen and oxygen atoms in total. The third-order valence-electron chi connectivity index (χ3n) is 5.86. The molecule has 0 spiro atoms. The fourth-order valence-electron chi connectivity index (χ4n) is 4.19. The van der Waals surface area contributed by atoms with E-state index in [-0.39, 0.29) is 107 Å². The fraction of sp³-hybridized carbons (Fsp3) is 0.375. The average Bonchev–Trinajstić information content (AvgIpc) is 3.56. The summed E-state index contributed by atoms with van der Waals surface area (Å²) in [5.41, 5.74) is 0.296. The molecule has 0 N–H and O–H groups in total. The molecule has 6 rings (SSSR count). The van der Waals surface area contributed by atoms with Crippen molar-refractivity contribution < 1.29 is 115 Å². The van der Waals surface area contributed by atoms with Crippen molar-refractivity contribution in [3.05, 3.63) is 85.3 Å². The predicted octanol–water partition coefficient (Wildman–Crippen LogP) is -7.00. The van der Waals surface area contributed by atoms with E-state index in [0.29, 0.717) is 37.3 Å². The van der Waals surface area contributed by atoms with Crippen LogP contribution in [0.3, 0.4) is 0 Å². The lowest BCUT2D eigenvalue weighted by atomic mass is 10.4. The standard InChI is InChI=1S/3C8H9N2O3.3HI/c3*1-6-4-9-5-7(10(11)12)2-3-8(9)13-6;;;/h3*2-3,5-6H,4H2,1H3;3*1H/q3*+1;;;/p-3. The highest BCUT2D eigenvalue weighted by Gasteiger charge is 2.31. The quantitative estimate of drug-likeness (QED) is 0.107. The highest BCUT2D eigenvalue weighted by molar-refractivity contribution is 5.27. The normalized spacial score (nSPS) is 17.9.